The Morgan fingerprint density at radius 1 is 1.03 bits per heavy atom. The van der Waals surface area contributed by atoms with Gasteiger partial charge in [0.05, 0.1) is 32.8 Å². The summed E-state index contributed by atoms with van der Waals surface area (Å²) in [6, 6.07) is 11.8. The van der Waals surface area contributed by atoms with Gasteiger partial charge in [0, 0.05) is 23.1 Å². The molecule has 4 rings (SSSR count). The second-order valence-corrected chi connectivity index (χ2v) is 9.51. The summed E-state index contributed by atoms with van der Waals surface area (Å²) < 4.78 is 18.3. The average molecular weight is 526 g/mol. The topological polar surface area (TPSA) is 100 Å². The number of methoxy groups -OCH3 is 3. The lowest BCUT2D eigenvalue weighted by atomic mass is 10.1. The van der Waals surface area contributed by atoms with Gasteiger partial charge in [0.1, 0.15) is 0 Å². The standard InChI is InChI=1S/C25H27N5O4S2/c1-6-30-23(17-11-19(32-3)22(34-5)20(12-17)33-4)28-29-25(30)36-14-21(31)27-24-26-18(13-35-24)16-9-7-15(2)8-10-16/h7-13H,6,14H2,1-5H3,(H,26,27,31). The smallest absolute Gasteiger partial charge is 0.236 e. The minimum atomic E-state index is -0.162. The first-order chi connectivity index (χ1) is 17.5. The number of carbonyl (C=O) groups excluding carboxylic acids is 1. The van der Waals surface area contributed by atoms with Gasteiger partial charge in [0.2, 0.25) is 11.7 Å². The van der Waals surface area contributed by atoms with Crippen LogP contribution in [-0.4, -0.2) is 52.7 Å². The highest BCUT2D eigenvalue weighted by Crippen LogP contribution is 2.41. The van der Waals surface area contributed by atoms with Crippen molar-refractivity contribution in [1.82, 2.24) is 19.7 Å². The van der Waals surface area contributed by atoms with Crippen LogP contribution in [-0.2, 0) is 11.3 Å². The van der Waals surface area contributed by atoms with Crippen molar-refractivity contribution in [2.24, 2.45) is 0 Å². The van der Waals surface area contributed by atoms with E-state index < -0.39 is 0 Å². The number of hydrogen-bond acceptors (Lipinski definition) is 9. The van der Waals surface area contributed by atoms with E-state index in [4.69, 9.17) is 14.2 Å². The van der Waals surface area contributed by atoms with Gasteiger partial charge in [0.25, 0.3) is 0 Å². The maximum absolute atomic E-state index is 12.6. The first-order valence-corrected chi connectivity index (χ1v) is 13.0. The Labute approximate surface area is 217 Å². The second-order valence-electron chi connectivity index (χ2n) is 7.71. The lowest BCUT2D eigenvalue weighted by molar-refractivity contribution is -0.113. The van der Waals surface area contributed by atoms with E-state index in [1.807, 2.05) is 60.2 Å². The molecule has 0 saturated heterocycles. The Bertz CT molecular complexity index is 1330. The number of amides is 1. The van der Waals surface area contributed by atoms with Gasteiger partial charge in [-0.2, -0.15) is 0 Å². The third-order valence-electron chi connectivity index (χ3n) is 5.39. The number of thioether (sulfide) groups is 1. The Kier molecular flexibility index (Phi) is 8.11. The summed E-state index contributed by atoms with van der Waals surface area (Å²) in [7, 11) is 4.69. The average Bonchev–Trinajstić information content (AvgIpc) is 3.53. The maximum atomic E-state index is 12.6. The molecular weight excluding hydrogens is 498 g/mol. The molecule has 9 nitrogen and oxygen atoms in total. The molecule has 1 N–H and O–H groups in total. The second kappa shape index (κ2) is 11.4. The number of carbonyl (C=O) groups is 1. The zero-order chi connectivity index (χ0) is 25.7. The van der Waals surface area contributed by atoms with E-state index in [0.29, 0.717) is 39.9 Å². The lowest BCUT2D eigenvalue weighted by Crippen LogP contribution is -2.14. The number of thiazole rings is 1. The van der Waals surface area contributed by atoms with Crippen LogP contribution in [0.5, 0.6) is 17.2 Å². The molecular formula is C25H27N5O4S2. The normalized spacial score (nSPS) is 10.8. The highest BCUT2D eigenvalue weighted by atomic mass is 32.2. The molecule has 11 heteroatoms. The molecule has 2 heterocycles. The highest BCUT2D eigenvalue weighted by molar-refractivity contribution is 7.99. The number of ether oxygens (including phenoxy) is 3. The van der Waals surface area contributed by atoms with Crippen LogP contribution >= 0.6 is 23.1 Å². The number of aromatic nitrogens is 4. The van der Waals surface area contributed by atoms with Crippen LogP contribution in [0.15, 0.2) is 46.9 Å². The fraction of sp³-hybridized carbons (Fsp3) is 0.280. The van der Waals surface area contributed by atoms with Crippen LogP contribution in [0.25, 0.3) is 22.6 Å². The van der Waals surface area contributed by atoms with Crippen LogP contribution in [0.3, 0.4) is 0 Å². The van der Waals surface area contributed by atoms with Crippen molar-refractivity contribution < 1.29 is 19.0 Å². The van der Waals surface area contributed by atoms with Gasteiger partial charge in [-0.3, -0.25) is 4.79 Å². The van der Waals surface area contributed by atoms with Crippen molar-refractivity contribution in [3.05, 3.63) is 47.3 Å². The summed E-state index contributed by atoms with van der Waals surface area (Å²) in [4.78, 5) is 17.2. The number of hydrogen-bond donors (Lipinski definition) is 1. The van der Waals surface area contributed by atoms with Crippen LogP contribution in [0, 0.1) is 6.92 Å². The molecule has 188 valence electrons. The summed E-state index contributed by atoms with van der Waals surface area (Å²) in [6.45, 7) is 4.66. The van der Waals surface area contributed by atoms with Crippen molar-refractivity contribution in [1.29, 1.82) is 0 Å². The zero-order valence-electron chi connectivity index (χ0n) is 20.7. The van der Waals surface area contributed by atoms with Crippen molar-refractivity contribution in [2.45, 2.75) is 25.5 Å². The molecule has 0 aliphatic heterocycles. The zero-order valence-corrected chi connectivity index (χ0v) is 22.3. The van der Waals surface area contributed by atoms with E-state index in [0.717, 1.165) is 16.8 Å². The highest BCUT2D eigenvalue weighted by Gasteiger charge is 2.20. The third-order valence-corrected chi connectivity index (χ3v) is 7.11. The molecule has 2 aromatic carbocycles. The molecule has 0 aliphatic rings. The minimum Gasteiger partial charge on any atom is -0.493 e. The van der Waals surface area contributed by atoms with E-state index in [-0.39, 0.29) is 11.7 Å². The number of aryl methyl sites for hydroxylation is 1. The first kappa shape index (κ1) is 25.5. The lowest BCUT2D eigenvalue weighted by Gasteiger charge is -2.14. The van der Waals surface area contributed by atoms with Crippen LogP contribution in [0.2, 0.25) is 0 Å². The van der Waals surface area contributed by atoms with Crippen molar-refractivity contribution in [2.75, 3.05) is 32.4 Å². The monoisotopic (exact) mass is 525 g/mol. The summed E-state index contributed by atoms with van der Waals surface area (Å²) in [5, 5.41) is 14.7. The Hall–Kier alpha value is -3.57. The summed E-state index contributed by atoms with van der Waals surface area (Å²) >= 11 is 2.71. The number of nitrogens with one attached hydrogen (secondary N) is 1. The fourth-order valence-corrected chi connectivity index (χ4v) is 5.12. The molecule has 0 atom stereocenters. The van der Waals surface area contributed by atoms with Gasteiger partial charge in [-0.15, -0.1) is 21.5 Å². The SMILES string of the molecule is CCn1c(SCC(=O)Nc2nc(-c3ccc(C)cc3)cs2)nnc1-c1cc(OC)c(OC)c(OC)c1. The van der Waals surface area contributed by atoms with Gasteiger partial charge >= 0.3 is 0 Å². The van der Waals surface area contributed by atoms with E-state index in [9.17, 15) is 4.79 Å². The van der Waals surface area contributed by atoms with Crippen LogP contribution in [0.1, 0.15) is 12.5 Å². The molecule has 0 fully saturated rings. The number of anilines is 1. The van der Waals surface area contributed by atoms with E-state index in [1.165, 1.54) is 28.7 Å². The van der Waals surface area contributed by atoms with E-state index >= 15 is 0 Å². The van der Waals surface area contributed by atoms with Crippen molar-refractivity contribution in [3.8, 4) is 39.9 Å². The van der Waals surface area contributed by atoms with Gasteiger partial charge in [-0.05, 0) is 26.0 Å². The van der Waals surface area contributed by atoms with E-state index in [1.54, 1.807) is 21.3 Å². The minimum absolute atomic E-state index is 0.162. The predicted octanol–water partition coefficient (Wildman–Crippen LogP) is 5.15. The Morgan fingerprint density at radius 3 is 2.33 bits per heavy atom. The summed E-state index contributed by atoms with van der Waals surface area (Å²) in [6.07, 6.45) is 0. The molecule has 4 aromatic rings. The Balaban J connectivity index is 1.46. The van der Waals surface area contributed by atoms with Crippen molar-refractivity contribution >= 4 is 34.1 Å². The molecule has 0 aliphatic carbocycles. The van der Waals surface area contributed by atoms with Gasteiger partial charge in [-0.1, -0.05) is 41.6 Å². The van der Waals surface area contributed by atoms with Gasteiger partial charge in [0.15, 0.2) is 27.6 Å². The van der Waals surface area contributed by atoms with Crippen molar-refractivity contribution in [3.63, 3.8) is 0 Å². The van der Waals surface area contributed by atoms with Crippen LogP contribution in [0.4, 0.5) is 5.13 Å². The first-order valence-electron chi connectivity index (χ1n) is 11.2. The van der Waals surface area contributed by atoms with Gasteiger partial charge in [-0.25, -0.2) is 4.98 Å². The number of nitrogens with zero attached hydrogens (tertiary/aromatic N) is 4. The summed E-state index contributed by atoms with van der Waals surface area (Å²) in [5.74, 6) is 2.21. The molecule has 0 saturated carbocycles. The molecule has 0 unspecified atom stereocenters. The van der Waals surface area contributed by atoms with Crippen LogP contribution < -0.4 is 19.5 Å². The third kappa shape index (κ3) is 5.47. The Morgan fingerprint density at radius 2 is 1.72 bits per heavy atom. The van der Waals surface area contributed by atoms with Gasteiger partial charge < -0.3 is 24.1 Å². The maximum Gasteiger partial charge on any atom is 0.236 e. The number of benzene rings is 2. The molecule has 0 bridgehead atoms. The predicted molar refractivity (Wildman–Crippen MR) is 142 cm³/mol. The fourth-order valence-electron chi connectivity index (χ4n) is 3.58. The molecule has 0 spiro atoms. The molecule has 1 amide bonds. The molecule has 2 aromatic heterocycles. The largest absolute Gasteiger partial charge is 0.493 e. The van der Waals surface area contributed by atoms with E-state index in [2.05, 4.69) is 20.5 Å². The quantitative estimate of drug-likeness (QED) is 0.284. The number of rotatable bonds is 10. The summed E-state index contributed by atoms with van der Waals surface area (Å²) in [5.41, 5.74) is 3.81. The molecule has 0 radical (unpaired) electrons. The molecule has 36 heavy (non-hydrogen) atoms.